The molecule has 1 aromatic carbocycles. The maximum atomic E-state index is 12.7. The van der Waals surface area contributed by atoms with Crippen LogP contribution < -0.4 is 5.32 Å². The maximum Gasteiger partial charge on any atom is 0.289 e. The highest BCUT2D eigenvalue weighted by Crippen LogP contribution is 2.22. The van der Waals surface area contributed by atoms with E-state index in [0.717, 1.165) is 36.3 Å². The molecule has 1 N–H and O–H groups in total. The van der Waals surface area contributed by atoms with Gasteiger partial charge in [-0.15, -0.1) is 0 Å². The minimum Gasteiger partial charge on any atom is -0.350 e. The van der Waals surface area contributed by atoms with Gasteiger partial charge in [0, 0.05) is 18.2 Å². The Labute approximate surface area is 177 Å². The van der Waals surface area contributed by atoms with Crippen molar-refractivity contribution in [1.82, 2.24) is 15.1 Å². The monoisotopic (exact) mass is 417 g/mol. The molecule has 0 radical (unpaired) electrons. The quantitative estimate of drug-likeness (QED) is 0.737. The van der Waals surface area contributed by atoms with Crippen molar-refractivity contribution < 1.29 is 14.4 Å². The highest BCUT2D eigenvalue weighted by molar-refractivity contribution is 8.14. The smallest absolute Gasteiger partial charge is 0.289 e. The zero-order valence-corrected chi connectivity index (χ0v) is 18.3. The van der Waals surface area contributed by atoms with Gasteiger partial charge in [-0.05, 0) is 55.5 Å². The first kappa shape index (κ1) is 21.8. The fraction of sp³-hybridized carbons (Fsp3) is 0.591. The Hall–Kier alpha value is -1.86. The van der Waals surface area contributed by atoms with Crippen LogP contribution in [0.5, 0.6) is 0 Å². The van der Waals surface area contributed by atoms with Crippen LogP contribution in [0.15, 0.2) is 24.3 Å². The third-order valence-electron chi connectivity index (χ3n) is 5.90. The van der Waals surface area contributed by atoms with E-state index < -0.39 is 0 Å². The van der Waals surface area contributed by atoms with Crippen LogP contribution in [0.3, 0.4) is 0 Å². The number of piperidine rings is 1. The summed E-state index contributed by atoms with van der Waals surface area (Å²) in [5, 5.41) is 2.87. The first-order chi connectivity index (χ1) is 13.8. The molecule has 0 aromatic heterocycles. The number of hydrogen-bond donors (Lipinski definition) is 1. The van der Waals surface area contributed by atoms with Crippen LogP contribution in [0.1, 0.15) is 49.5 Å². The fourth-order valence-electron chi connectivity index (χ4n) is 3.97. The molecule has 29 heavy (non-hydrogen) atoms. The van der Waals surface area contributed by atoms with Crippen molar-refractivity contribution in [3.63, 3.8) is 0 Å². The van der Waals surface area contributed by atoms with Crippen LogP contribution in [-0.2, 0) is 11.3 Å². The molecule has 2 heterocycles. The Balaban J connectivity index is 1.59. The van der Waals surface area contributed by atoms with E-state index in [1.807, 2.05) is 6.07 Å². The first-order valence-electron chi connectivity index (χ1n) is 10.4. The second-order valence-electron chi connectivity index (χ2n) is 8.47. The van der Waals surface area contributed by atoms with Crippen molar-refractivity contribution in [1.29, 1.82) is 0 Å². The summed E-state index contributed by atoms with van der Waals surface area (Å²) in [7, 11) is 0. The number of amides is 3. The van der Waals surface area contributed by atoms with E-state index in [-0.39, 0.29) is 29.4 Å². The molecule has 1 unspecified atom stereocenters. The van der Waals surface area contributed by atoms with Crippen molar-refractivity contribution in [2.24, 2.45) is 11.8 Å². The fourth-order valence-corrected chi connectivity index (χ4v) is 4.70. The molecule has 2 fully saturated rings. The van der Waals surface area contributed by atoms with Gasteiger partial charge in [0.2, 0.25) is 5.91 Å². The molecule has 3 amide bonds. The number of carbonyl (C=O) groups excluding carboxylic acids is 3. The molecular weight excluding hydrogens is 386 g/mol. The molecule has 7 heteroatoms. The van der Waals surface area contributed by atoms with Gasteiger partial charge in [-0.2, -0.15) is 0 Å². The van der Waals surface area contributed by atoms with Gasteiger partial charge in [0.15, 0.2) is 0 Å². The maximum absolute atomic E-state index is 12.7. The molecule has 2 aliphatic rings. The Morgan fingerprint density at radius 1 is 1.24 bits per heavy atom. The summed E-state index contributed by atoms with van der Waals surface area (Å²) in [5.74, 6) is 1.15. The highest BCUT2D eigenvalue weighted by Gasteiger charge is 2.30. The van der Waals surface area contributed by atoms with Crippen LogP contribution in [0.2, 0.25) is 0 Å². The largest absolute Gasteiger partial charge is 0.350 e. The van der Waals surface area contributed by atoms with Gasteiger partial charge < -0.3 is 5.32 Å². The lowest BCUT2D eigenvalue weighted by molar-refractivity contribution is -0.125. The SMILES string of the molecule is CC1CCN(C(CNC(=O)c2cccc(CN3C(=O)CSC3=O)c2)C(C)C)CC1. The molecule has 3 rings (SSSR count). The van der Waals surface area contributed by atoms with Crippen molar-refractivity contribution in [2.75, 3.05) is 25.4 Å². The molecular formula is C22H31N3O3S. The molecule has 0 spiro atoms. The summed E-state index contributed by atoms with van der Waals surface area (Å²) in [5.41, 5.74) is 1.34. The molecule has 158 valence electrons. The zero-order chi connectivity index (χ0) is 21.0. The van der Waals surface area contributed by atoms with Gasteiger partial charge in [0.05, 0.1) is 12.3 Å². The lowest BCUT2D eigenvalue weighted by atomic mass is 9.94. The van der Waals surface area contributed by atoms with E-state index in [4.69, 9.17) is 0 Å². The van der Waals surface area contributed by atoms with Gasteiger partial charge in [0.1, 0.15) is 0 Å². The van der Waals surface area contributed by atoms with Crippen LogP contribution in [-0.4, -0.2) is 58.3 Å². The van der Waals surface area contributed by atoms with Crippen molar-refractivity contribution in [3.8, 4) is 0 Å². The normalized spacial score (nSPS) is 19.8. The average molecular weight is 418 g/mol. The van der Waals surface area contributed by atoms with Gasteiger partial charge in [0.25, 0.3) is 11.1 Å². The summed E-state index contributed by atoms with van der Waals surface area (Å²) in [6, 6.07) is 7.51. The topological polar surface area (TPSA) is 69.7 Å². The van der Waals surface area contributed by atoms with Crippen LogP contribution in [0, 0.1) is 11.8 Å². The predicted molar refractivity (Wildman–Crippen MR) is 116 cm³/mol. The summed E-state index contributed by atoms with van der Waals surface area (Å²) in [6.45, 7) is 9.73. The van der Waals surface area contributed by atoms with Gasteiger partial charge in [-0.25, -0.2) is 0 Å². The number of nitrogens with zero attached hydrogens (tertiary/aromatic N) is 2. The molecule has 0 aliphatic carbocycles. The Kier molecular flexibility index (Phi) is 7.35. The van der Waals surface area contributed by atoms with Gasteiger partial charge in [-0.3, -0.25) is 24.2 Å². The number of hydrogen-bond acceptors (Lipinski definition) is 5. The number of benzene rings is 1. The average Bonchev–Trinajstić information content (AvgIpc) is 3.01. The number of carbonyl (C=O) groups is 3. The van der Waals surface area contributed by atoms with E-state index in [0.29, 0.717) is 24.1 Å². The van der Waals surface area contributed by atoms with E-state index in [1.165, 1.54) is 17.7 Å². The number of imide groups is 1. The standard InChI is InChI=1S/C22H31N3O3S/c1-15(2)19(24-9-7-16(3)8-10-24)12-23-21(27)18-6-4-5-17(11-18)13-25-20(26)14-29-22(25)28/h4-6,11,15-16,19H,7-10,12-14H2,1-3H3,(H,23,27). The lowest BCUT2D eigenvalue weighted by Gasteiger charge is -2.38. The van der Waals surface area contributed by atoms with Crippen LogP contribution in [0.25, 0.3) is 0 Å². The van der Waals surface area contributed by atoms with Crippen molar-refractivity contribution in [2.45, 2.75) is 46.2 Å². The number of thioether (sulfide) groups is 1. The minimum absolute atomic E-state index is 0.115. The van der Waals surface area contributed by atoms with Crippen LogP contribution >= 0.6 is 11.8 Å². The molecule has 6 nitrogen and oxygen atoms in total. The molecule has 2 saturated heterocycles. The molecule has 0 bridgehead atoms. The Bertz CT molecular complexity index is 743. The van der Waals surface area contributed by atoms with Crippen molar-refractivity contribution >= 4 is 28.8 Å². The highest BCUT2D eigenvalue weighted by atomic mass is 32.2. The summed E-state index contributed by atoms with van der Waals surface area (Å²) in [4.78, 5) is 40.1. The molecule has 2 aliphatic heterocycles. The van der Waals surface area contributed by atoms with Gasteiger partial charge >= 0.3 is 0 Å². The third kappa shape index (κ3) is 5.60. The van der Waals surface area contributed by atoms with Crippen molar-refractivity contribution in [3.05, 3.63) is 35.4 Å². The lowest BCUT2D eigenvalue weighted by Crippen LogP contribution is -2.49. The number of nitrogens with one attached hydrogen (secondary N) is 1. The predicted octanol–water partition coefficient (Wildman–Crippen LogP) is 3.37. The van der Waals surface area contributed by atoms with E-state index >= 15 is 0 Å². The zero-order valence-electron chi connectivity index (χ0n) is 17.5. The number of likely N-dealkylation sites (tertiary alicyclic amines) is 1. The molecule has 0 saturated carbocycles. The first-order valence-corrected chi connectivity index (χ1v) is 11.4. The molecule has 1 aromatic rings. The minimum atomic E-state index is -0.222. The molecule has 1 atom stereocenters. The summed E-state index contributed by atoms with van der Waals surface area (Å²) < 4.78 is 0. The Morgan fingerprint density at radius 2 is 1.97 bits per heavy atom. The van der Waals surface area contributed by atoms with E-state index in [2.05, 4.69) is 31.0 Å². The Morgan fingerprint density at radius 3 is 2.59 bits per heavy atom. The van der Waals surface area contributed by atoms with E-state index in [1.54, 1.807) is 18.2 Å². The number of rotatable bonds is 7. The second kappa shape index (κ2) is 9.76. The van der Waals surface area contributed by atoms with Crippen LogP contribution in [0.4, 0.5) is 4.79 Å². The van der Waals surface area contributed by atoms with E-state index in [9.17, 15) is 14.4 Å². The summed E-state index contributed by atoms with van der Waals surface area (Å²) in [6.07, 6.45) is 2.43. The van der Waals surface area contributed by atoms with Gasteiger partial charge in [-0.1, -0.05) is 44.7 Å². The second-order valence-corrected chi connectivity index (χ2v) is 9.40. The summed E-state index contributed by atoms with van der Waals surface area (Å²) >= 11 is 1.02. The third-order valence-corrected chi connectivity index (χ3v) is 6.76.